The number of nitrogens with zero attached hydrogens (tertiary/aromatic N) is 4. The summed E-state index contributed by atoms with van der Waals surface area (Å²) in [5.41, 5.74) is 1.07. The molecule has 1 aromatic heterocycles. The number of hydrogen-bond donors (Lipinski definition) is 2. The fraction of sp³-hybridized carbons (Fsp3) is 0.278. The predicted octanol–water partition coefficient (Wildman–Crippen LogP) is 4.97. The summed E-state index contributed by atoms with van der Waals surface area (Å²) in [7, 11) is 0. The van der Waals surface area contributed by atoms with Gasteiger partial charge in [0.2, 0.25) is 17.7 Å². The number of amides is 5. The van der Waals surface area contributed by atoms with Crippen molar-refractivity contribution < 1.29 is 37.1 Å². The highest BCUT2D eigenvalue weighted by Gasteiger charge is 2.45. The summed E-state index contributed by atoms with van der Waals surface area (Å²) in [6.45, 7) is 4.49. The quantitative estimate of drug-likeness (QED) is 0.220. The Bertz CT molecular complexity index is 2250. The molecule has 2 saturated heterocycles. The molecule has 0 bridgehead atoms. The van der Waals surface area contributed by atoms with E-state index in [2.05, 4.69) is 27.5 Å². The average molecular weight is 717 g/mol. The lowest BCUT2D eigenvalue weighted by Crippen LogP contribution is -2.54. The van der Waals surface area contributed by atoms with Gasteiger partial charge in [-0.1, -0.05) is 23.4 Å². The minimum atomic E-state index is -4.57. The summed E-state index contributed by atoms with van der Waals surface area (Å²) >= 11 is 6.05. The molecule has 0 spiro atoms. The van der Waals surface area contributed by atoms with Gasteiger partial charge in [-0.2, -0.15) is 13.2 Å². The van der Waals surface area contributed by atoms with E-state index in [1.807, 2.05) is 11.0 Å². The molecular weight excluding hydrogens is 689 g/mol. The first-order valence-electron chi connectivity index (χ1n) is 15.9. The highest BCUT2D eigenvalue weighted by Crippen LogP contribution is 2.35. The molecule has 11 nitrogen and oxygen atoms in total. The van der Waals surface area contributed by atoms with Crippen molar-refractivity contribution in [3.63, 3.8) is 0 Å². The minimum Gasteiger partial charge on any atom is -0.369 e. The lowest BCUT2D eigenvalue weighted by Gasteiger charge is -2.38. The molecule has 3 aromatic carbocycles. The van der Waals surface area contributed by atoms with Crippen LogP contribution >= 0.6 is 11.6 Å². The number of carbonyl (C=O) groups is 5. The number of alkyl halides is 3. The molecule has 5 amide bonds. The summed E-state index contributed by atoms with van der Waals surface area (Å²) in [6.07, 6.45) is -2.92. The van der Waals surface area contributed by atoms with E-state index in [1.165, 1.54) is 6.33 Å². The molecule has 2 N–H and O–H groups in total. The summed E-state index contributed by atoms with van der Waals surface area (Å²) in [5, 5.41) is 4.57. The van der Waals surface area contributed by atoms with E-state index in [9.17, 15) is 37.1 Å². The van der Waals surface area contributed by atoms with Crippen LogP contribution in [0.25, 0.3) is 11.0 Å². The van der Waals surface area contributed by atoms with Crippen LogP contribution in [0, 0.1) is 17.8 Å². The maximum atomic E-state index is 13.3. The van der Waals surface area contributed by atoms with Crippen LogP contribution in [-0.2, 0) is 26.1 Å². The first-order chi connectivity index (χ1) is 24.1. The lowest BCUT2D eigenvalue weighted by molar-refractivity contribution is -0.138. The Balaban J connectivity index is 0.995. The number of aromatic nitrogens is 2. The van der Waals surface area contributed by atoms with Crippen LogP contribution < -0.4 is 15.5 Å². The van der Waals surface area contributed by atoms with Crippen molar-refractivity contribution in [1.29, 1.82) is 0 Å². The third kappa shape index (κ3) is 6.07. The van der Waals surface area contributed by atoms with Crippen LogP contribution in [0.1, 0.15) is 58.5 Å². The van der Waals surface area contributed by atoms with E-state index in [1.54, 1.807) is 48.7 Å². The fourth-order valence-corrected chi connectivity index (χ4v) is 6.56. The summed E-state index contributed by atoms with van der Waals surface area (Å²) < 4.78 is 40.8. The van der Waals surface area contributed by atoms with Crippen molar-refractivity contribution in [3.05, 3.63) is 88.2 Å². The van der Waals surface area contributed by atoms with Crippen LogP contribution in [0.2, 0.25) is 5.02 Å². The number of fused-ring (bicyclic) bond motifs is 2. The first-order valence-corrected chi connectivity index (χ1v) is 16.3. The van der Waals surface area contributed by atoms with E-state index >= 15 is 0 Å². The molecule has 0 saturated carbocycles. The Morgan fingerprint density at radius 3 is 2.43 bits per heavy atom. The van der Waals surface area contributed by atoms with Crippen molar-refractivity contribution in [2.24, 2.45) is 5.92 Å². The Morgan fingerprint density at radius 1 is 0.980 bits per heavy atom. The number of rotatable bonds is 5. The Morgan fingerprint density at radius 2 is 1.73 bits per heavy atom. The molecule has 1 atom stereocenters. The molecule has 0 radical (unpaired) electrons. The molecular formula is C36H28ClF3N6O5. The van der Waals surface area contributed by atoms with Crippen LogP contribution in [0.5, 0.6) is 0 Å². The van der Waals surface area contributed by atoms with Gasteiger partial charge in [-0.15, -0.1) is 0 Å². The molecule has 7 rings (SSSR count). The predicted molar refractivity (Wildman–Crippen MR) is 180 cm³/mol. The Hall–Kier alpha value is -5.68. The first kappa shape index (κ1) is 33.8. The zero-order valence-electron chi connectivity index (χ0n) is 27.1. The van der Waals surface area contributed by atoms with Crippen molar-refractivity contribution in [2.75, 3.05) is 23.3 Å². The van der Waals surface area contributed by atoms with Gasteiger partial charge in [0.05, 0.1) is 50.7 Å². The minimum absolute atomic E-state index is 0.0310. The second-order valence-corrected chi connectivity index (χ2v) is 13.5. The van der Waals surface area contributed by atoms with Crippen LogP contribution in [0.15, 0.2) is 60.9 Å². The highest BCUT2D eigenvalue weighted by atomic mass is 35.5. The number of benzene rings is 3. The number of imidazole rings is 1. The Labute approximate surface area is 293 Å². The lowest BCUT2D eigenvalue weighted by atomic mass is 9.98. The maximum absolute atomic E-state index is 13.3. The van der Waals surface area contributed by atoms with Gasteiger partial charge in [0, 0.05) is 30.8 Å². The Kier molecular flexibility index (Phi) is 8.13. The average Bonchev–Trinajstić information content (AvgIpc) is 3.59. The molecule has 3 aliphatic rings. The van der Waals surface area contributed by atoms with Crippen molar-refractivity contribution >= 4 is 63.5 Å². The van der Waals surface area contributed by atoms with Gasteiger partial charge < -0.3 is 14.8 Å². The molecule has 1 unspecified atom stereocenters. The van der Waals surface area contributed by atoms with Gasteiger partial charge in [-0.3, -0.25) is 34.2 Å². The second kappa shape index (κ2) is 12.3. The molecule has 260 valence electrons. The third-order valence-corrected chi connectivity index (χ3v) is 9.65. The van der Waals surface area contributed by atoms with Gasteiger partial charge in [0.15, 0.2) is 0 Å². The normalized spacial score (nSPS) is 18.0. The summed E-state index contributed by atoms with van der Waals surface area (Å²) in [6, 6.07) is 12.1. The van der Waals surface area contributed by atoms with E-state index in [4.69, 9.17) is 11.6 Å². The zero-order chi connectivity index (χ0) is 36.4. The topological polar surface area (TPSA) is 134 Å². The molecule has 0 aliphatic carbocycles. The number of halogens is 4. The van der Waals surface area contributed by atoms with Crippen molar-refractivity contribution in [3.8, 4) is 11.8 Å². The summed E-state index contributed by atoms with van der Waals surface area (Å²) in [5.74, 6) is 3.74. The van der Waals surface area contributed by atoms with Crippen LogP contribution in [0.3, 0.4) is 0 Å². The highest BCUT2D eigenvalue weighted by molar-refractivity contribution is 6.33. The van der Waals surface area contributed by atoms with Crippen molar-refractivity contribution in [2.45, 2.75) is 44.4 Å². The van der Waals surface area contributed by atoms with Crippen LogP contribution in [0.4, 0.5) is 24.5 Å². The number of carbonyl (C=O) groups excluding carboxylic acids is 5. The molecule has 51 heavy (non-hydrogen) atoms. The monoisotopic (exact) mass is 716 g/mol. The van der Waals surface area contributed by atoms with Gasteiger partial charge in [-0.25, -0.2) is 4.98 Å². The SMILES string of the molecule is CC(C)(C(=O)Nc1ccc(C(F)(F)F)cc1Cl)n1cnc2cc(C#CC3CN(c4ccc5c(c4)C(=O)N(C4CCC(=O)NC4=O)C5=O)C3)ccc21. The number of imide groups is 2. The number of nitrogens with one attached hydrogen (secondary N) is 2. The zero-order valence-corrected chi connectivity index (χ0v) is 27.9. The molecule has 15 heteroatoms. The molecule has 4 aromatic rings. The molecule has 3 aliphatic heterocycles. The molecule has 2 fully saturated rings. The van der Waals surface area contributed by atoms with Gasteiger partial charge in [0.25, 0.3) is 11.8 Å². The van der Waals surface area contributed by atoms with Gasteiger partial charge in [-0.05, 0) is 74.9 Å². The van der Waals surface area contributed by atoms with Gasteiger partial charge >= 0.3 is 6.18 Å². The largest absolute Gasteiger partial charge is 0.416 e. The van der Waals surface area contributed by atoms with Crippen molar-refractivity contribution in [1.82, 2.24) is 19.8 Å². The fourth-order valence-electron chi connectivity index (χ4n) is 6.34. The van der Waals surface area contributed by atoms with E-state index in [-0.39, 0.29) is 40.6 Å². The van der Waals surface area contributed by atoms with E-state index in [0.717, 1.165) is 28.8 Å². The summed E-state index contributed by atoms with van der Waals surface area (Å²) in [4.78, 5) is 70.8. The second-order valence-electron chi connectivity index (χ2n) is 13.1. The maximum Gasteiger partial charge on any atom is 0.416 e. The number of piperidine rings is 1. The number of anilines is 2. The van der Waals surface area contributed by atoms with E-state index < -0.39 is 52.9 Å². The number of hydrogen-bond acceptors (Lipinski definition) is 7. The van der Waals surface area contributed by atoms with Gasteiger partial charge in [0.1, 0.15) is 11.6 Å². The standard InChI is InChI=1S/C36H28ClF3N6O5/c1-35(2,34(51)42-26-9-6-21(14-25(26)37)36(38,39)40)45-18-41-27-13-19(5-10-28(27)45)3-4-20-16-44(17-20)22-7-8-23-24(15-22)33(50)46(32(23)49)29-11-12-30(47)43-31(29)48/h5-10,13-15,18,20,29H,11-12,16-17H2,1-2H3,(H,42,51)(H,43,47,48). The smallest absolute Gasteiger partial charge is 0.369 e. The third-order valence-electron chi connectivity index (χ3n) is 9.34. The molecule has 4 heterocycles. The van der Waals surface area contributed by atoms with E-state index in [0.29, 0.717) is 29.7 Å². The van der Waals surface area contributed by atoms with Crippen LogP contribution in [-0.4, -0.2) is 63.1 Å².